The Morgan fingerprint density at radius 2 is 1.58 bits per heavy atom. The number of aromatic nitrogens is 1. The summed E-state index contributed by atoms with van der Waals surface area (Å²) in [7, 11) is 4.00. The van der Waals surface area contributed by atoms with Gasteiger partial charge in [-0.3, -0.25) is 4.79 Å². The van der Waals surface area contributed by atoms with Crippen LogP contribution in [-0.4, -0.2) is 43.0 Å². The normalized spacial score (nSPS) is 11.0. The number of rotatable bonds is 9. The molecular weight excluding hydrogens is 392 g/mol. The molecule has 0 unspecified atom stereocenters. The van der Waals surface area contributed by atoms with Crippen molar-refractivity contribution in [2.45, 2.75) is 13.0 Å². The summed E-state index contributed by atoms with van der Waals surface area (Å²) < 4.78 is 13.6. The lowest BCUT2D eigenvalue weighted by molar-refractivity contribution is -0.137. The van der Waals surface area contributed by atoms with Crippen LogP contribution in [0, 0.1) is 0 Å². The molecule has 0 amide bonds. The summed E-state index contributed by atoms with van der Waals surface area (Å²) in [6, 6.07) is 21.7. The van der Waals surface area contributed by atoms with Gasteiger partial charge in [-0.15, -0.1) is 0 Å². The van der Waals surface area contributed by atoms with Gasteiger partial charge in [-0.05, 0) is 30.3 Å². The van der Waals surface area contributed by atoms with Crippen LogP contribution in [0.25, 0.3) is 21.8 Å². The van der Waals surface area contributed by atoms with Crippen molar-refractivity contribution in [3.8, 4) is 11.5 Å². The van der Waals surface area contributed by atoms with Crippen molar-refractivity contribution < 1.29 is 19.4 Å². The molecule has 0 saturated heterocycles. The molecular formula is C25H26N2O4. The number of hydrogen-bond donors (Lipinski definition) is 1. The second kappa shape index (κ2) is 9.00. The third kappa shape index (κ3) is 4.58. The molecule has 0 fully saturated rings. The Labute approximate surface area is 181 Å². The zero-order chi connectivity index (χ0) is 21.8. The van der Waals surface area contributed by atoms with E-state index in [0.29, 0.717) is 13.2 Å². The number of carbonyl (C=O) groups is 1. The van der Waals surface area contributed by atoms with Gasteiger partial charge in [0.05, 0.1) is 18.7 Å². The SMILES string of the molecule is CN(C)c1cccc(OCCCOc2ccc3c4ccccc4n(CC(=O)O)c3c2)c1. The summed E-state index contributed by atoms with van der Waals surface area (Å²) in [5.41, 5.74) is 2.86. The highest BCUT2D eigenvalue weighted by Gasteiger charge is 2.13. The van der Waals surface area contributed by atoms with Gasteiger partial charge in [0.15, 0.2) is 0 Å². The van der Waals surface area contributed by atoms with E-state index in [2.05, 4.69) is 0 Å². The lowest BCUT2D eigenvalue weighted by atomic mass is 10.1. The highest BCUT2D eigenvalue weighted by atomic mass is 16.5. The van der Waals surface area contributed by atoms with E-state index in [9.17, 15) is 9.90 Å². The largest absolute Gasteiger partial charge is 0.493 e. The maximum atomic E-state index is 11.4. The second-order valence-electron chi connectivity index (χ2n) is 7.62. The first kappa shape index (κ1) is 20.6. The molecule has 6 heteroatoms. The lowest BCUT2D eigenvalue weighted by Gasteiger charge is -2.14. The topological polar surface area (TPSA) is 63.9 Å². The molecule has 0 atom stereocenters. The predicted molar refractivity (Wildman–Crippen MR) is 123 cm³/mol. The zero-order valence-corrected chi connectivity index (χ0v) is 17.7. The van der Waals surface area contributed by atoms with Gasteiger partial charge in [-0.2, -0.15) is 0 Å². The minimum Gasteiger partial charge on any atom is -0.493 e. The van der Waals surface area contributed by atoms with Gasteiger partial charge in [0.1, 0.15) is 18.0 Å². The van der Waals surface area contributed by atoms with Crippen molar-refractivity contribution in [3.05, 3.63) is 66.7 Å². The molecule has 1 aromatic heterocycles. The summed E-state index contributed by atoms with van der Waals surface area (Å²) in [6.45, 7) is 0.976. The van der Waals surface area contributed by atoms with Crippen LogP contribution in [0.5, 0.6) is 11.5 Å². The molecule has 3 aromatic carbocycles. The van der Waals surface area contributed by atoms with Crippen molar-refractivity contribution in [2.75, 3.05) is 32.2 Å². The summed E-state index contributed by atoms with van der Waals surface area (Å²) in [4.78, 5) is 13.4. The van der Waals surface area contributed by atoms with Crippen LogP contribution in [0.1, 0.15) is 6.42 Å². The highest BCUT2D eigenvalue weighted by molar-refractivity contribution is 6.08. The van der Waals surface area contributed by atoms with Crippen LogP contribution in [0.2, 0.25) is 0 Å². The molecule has 4 rings (SSSR count). The van der Waals surface area contributed by atoms with Crippen molar-refractivity contribution in [3.63, 3.8) is 0 Å². The van der Waals surface area contributed by atoms with Crippen molar-refractivity contribution >= 4 is 33.5 Å². The van der Waals surface area contributed by atoms with Gasteiger partial charge in [-0.25, -0.2) is 0 Å². The third-order valence-corrected chi connectivity index (χ3v) is 5.20. The zero-order valence-electron chi connectivity index (χ0n) is 17.7. The van der Waals surface area contributed by atoms with Gasteiger partial charge < -0.3 is 24.0 Å². The smallest absolute Gasteiger partial charge is 0.323 e. The van der Waals surface area contributed by atoms with Gasteiger partial charge in [0.2, 0.25) is 0 Å². The monoisotopic (exact) mass is 418 g/mol. The quantitative estimate of drug-likeness (QED) is 0.396. The van der Waals surface area contributed by atoms with E-state index in [-0.39, 0.29) is 6.54 Å². The van der Waals surface area contributed by atoms with Gasteiger partial charge in [0.25, 0.3) is 0 Å². The minimum absolute atomic E-state index is 0.0900. The van der Waals surface area contributed by atoms with E-state index in [1.807, 2.05) is 90.3 Å². The number of benzene rings is 3. The molecule has 1 heterocycles. The fraction of sp³-hybridized carbons (Fsp3) is 0.240. The number of hydrogen-bond acceptors (Lipinski definition) is 4. The Hall–Kier alpha value is -3.67. The van der Waals surface area contributed by atoms with Crippen molar-refractivity contribution in [1.29, 1.82) is 0 Å². The Morgan fingerprint density at radius 1 is 0.871 bits per heavy atom. The third-order valence-electron chi connectivity index (χ3n) is 5.20. The summed E-state index contributed by atoms with van der Waals surface area (Å²) in [5, 5.41) is 11.4. The minimum atomic E-state index is -0.871. The molecule has 160 valence electrons. The Morgan fingerprint density at radius 3 is 2.32 bits per heavy atom. The number of carboxylic acids is 1. The van der Waals surface area contributed by atoms with E-state index in [1.54, 1.807) is 0 Å². The highest BCUT2D eigenvalue weighted by Crippen LogP contribution is 2.31. The number of carboxylic acid groups (broad SMARTS) is 1. The summed E-state index contributed by atoms with van der Waals surface area (Å²) in [6.07, 6.45) is 0.738. The average Bonchev–Trinajstić information content (AvgIpc) is 3.06. The summed E-state index contributed by atoms with van der Waals surface area (Å²) in [5.74, 6) is 0.687. The Kier molecular flexibility index (Phi) is 5.98. The molecule has 6 nitrogen and oxygen atoms in total. The molecule has 0 spiro atoms. The van der Waals surface area contributed by atoms with E-state index in [4.69, 9.17) is 9.47 Å². The maximum absolute atomic E-state index is 11.4. The number of para-hydroxylation sites is 1. The first-order valence-corrected chi connectivity index (χ1v) is 10.3. The molecule has 0 aliphatic carbocycles. The summed E-state index contributed by atoms with van der Waals surface area (Å²) >= 11 is 0. The van der Waals surface area contributed by atoms with Crippen LogP contribution in [0.15, 0.2) is 66.7 Å². The van der Waals surface area contributed by atoms with E-state index < -0.39 is 5.97 Å². The fourth-order valence-corrected chi connectivity index (χ4v) is 3.71. The van der Waals surface area contributed by atoms with Crippen LogP contribution in [-0.2, 0) is 11.3 Å². The van der Waals surface area contributed by atoms with Crippen molar-refractivity contribution in [2.24, 2.45) is 0 Å². The predicted octanol–water partition coefficient (Wildman–Crippen LogP) is 4.79. The number of anilines is 1. The first-order chi connectivity index (χ1) is 15.0. The molecule has 0 bridgehead atoms. The van der Waals surface area contributed by atoms with Crippen LogP contribution >= 0.6 is 0 Å². The van der Waals surface area contributed by atoms with Gasteiger partial charge in [-0.1, -0.05) is 24.3 Å². The number of fused-ring (bicyclic) bond motifs is 3. The van der Waals surface area contributed by atoms with Gasteiger partial charge >= 0.3 is 5.97 Å². The Bertz CT molecular complexity index is 1210. The first-order valence-electron chi connectivity index (χ1n) is 10.3. The molecule has 0 radical (unpaired) electrons. The molecule has 4 aromatic rings. The molecule has 1 N–H and O–H groups in total. The number of aliphatic carboxylic acids is 1. The van der Waals surface area contributed by atoms with Gasteiger partial charge in [0, 0.05) is 54.6 Å². The molecule has 0 saturated carbocycles. The lowest BCUT2D eigenvalue weighted by Crippen LogP contribution is -2.09. The van der Waals surface area contributed by atoms with E-state index >= 15 is 0 Å². The molecule has 31 heavy (non-hydrogen) atoms. The van der Waals surface area contributed by atoms with E-state index in [0.717, 1.165) is 45.4 Å². The van der Waals surface area contributed by atoms with Crippen LogP contribution in [0.3, 0.4) is 0 Å². The number of nitrogens with zero attached hydrogens (tertiary/aromatic N) is 2. The van der Waals surface area contributed by atoms with Crippen molar-refractivity contribution in [1.82, 2.24) is 4.57 Å². The van der Waals surface area contributed by atoms with Crippen LogP contribution < -0.4 is 14.4 Å². The Balaban J connectivity index is 1.42. The van der Waals surface area contributed by atoms with Crippen LogP contribution in [0.4, 0.5) is 5.69 Å². The molecule has 0 aliphatic rings. The second-order valence-corrected chi connectivity index (χ2v) is 7.62. The van der Waals surface area contributed by atoms with E-state index in [1.165, 1.54) is 0 Å². The molecule has 0 aliphatic heterocycles. The standard InChI is InChI=1S/C25H26N2O4/c1-26(2)18-7-5-8-19(15-18)30-13-6-14-31-20-11-12-22-21-9-3-4-10-23(21)27(17-25(28)29)24(22)16-20/h3-5,7-12,15-16H,6,13-14,17H2,1-2H3,(H,28,29). The average molecular weight is 418 g/mol. The fourth-order valence-electron chi connectivity index (χ4n) is 3.71. The number of ether oxygens (including phenoxy) is 2. The maximum Gasteiger partial charge on any atom is 0.323 e.